The molecule has 0 unspecified atom stereocenters. The molecule has 0 radical (unpaired) electrons. The number of anilines is 1. The van der Waals surface area contributed by atoms with Crippen LogP contribution in [-0.2, 0) is 12.6 Å². The Morgan fingerprint density at radius 3 is 2.72 bits per heavy atom. The van der Waals surface area contributed by atoms with Crippen LogP contribution in [0.4, 0.5) is 18.3 Å². The number of carbonyl (C=O) groups excluding carboxylic acids is 1. The zero-order chi connectivity index (χ0) is 17.9. The van der Waals surface area contributed by atoms with E-state index in [2.05, 4.69) is 15.3 Å². The lowest BCUT2D eigenvalue weighted by Crippen LogP contribution is -2.11. The maximum absolute atomic E-state index is 12.8. The van der Waals surface area contributed by atoms with Gasteiger partial charge in [-0.15, -0.1) is 11.3 Å². The molecule has 0 aliphatic rings. The van der Waals surface area contributed by atoms with Gasteiger partial charge in [0.05, 0.1) is 11.1 Å². The van der Waals surface area contributed by atoms with Crippen LogP contribution in [-0.4, -0.2) is 15.9 Å². The minimum absolute atomic E-state index is 0.310. The Hall–Kier alpha value is -2.74. The number of thiazole rings is 1. The van der Waals surface area contributed by atoms with Gasteiger partial charge in [-0.05, 0) is 23.8 Å². The molecule has 0 spiro atoms. The van der Waals surface area contributed by atoms with Crippen molar-refractivity contribution in [2.45, 2.75) is 12.6 Å². The average Bonchev–Trinajstić information content (AvgIpc) is 3.02. The van der Waals surface area contributed by atoms with Gasteiger partial charge in [-0.2, -0.15) is 13.2 Å². The van der Waals surface area contributed by atoms with E-state index in [-0.39, 0.29) is 5.91 Å². The van der Waals surface area contributed by atoms with Gasteiger partial charge < -0.3 is 0 Å². The summed E-state index contributed by atoms with van der Waals surface area (Å²) in [4.78, 5) is 20.7. The van der Waals surface area contributed by atoms with E-state index in [0.717, 1.165) is 17.0 Å². The topological polar surface area (TPSA) is 54.9 Å². The fourth-order valence-electron chi connectivity index (χ4n) is 2.17. The fraction of sp³-hybridized carbons (Fsp3) is 0.118. The van der Waals surface area contributed by atoms with E-state index in [9.17, 15) is 18.0 Å². The molecule has 128 valence electrons. The minimum Gasteiger partial charge on any atom is -0.298 e. The van der Waals surface area contributed by atoms with Crippen LogP contribution in [0.2, 0.25) is 0 Å². The summed E-state index contributed by atoms with van der Waals surface area (Å²) < 4.78 is 38.3. The number of amides is 1. The molecular weight excluding hydrogens is 351 g/mol. The summed E-state index contributed by atoms with van der Waals surface area (Å²) in [5.41, 5.74) is 0.250. The summed E-state index contributed by atoms with van der Waals surface area (Å²) in [5.74, 6) is -0.340. The molecule has 3 rings (SSSR count). The standard InChI is InChI=1S/C17H12F3N3OS/c18-17(19,20)13-5-1-3-11(7-13)8-14-10-22-16(25-14)23-15(24)12-4-2-6-21-9-12/h1-7,9-10H,8H2,(H,22,23,24). The Balaban J connectivity index is 1.69. The molecule has 0 saturated carbocycles. The molecule has 2 heterocycles. The second-order valence-corrected chi connectivity index (χ2v) is 6.32. The van der Waals surface area contributed by atoms with Crippen molar-refractivity contribution in [3.05, 3.63) is 76.6 Å². The van der Waals surface area contributed by atoms with Crippen LogP contribution < -0.4 is 5.32 Å². The molecule has 1 aromatic carbocycles. The van der Waals surface area contributed by atoms with E-state index in [1.54, 1.807) is 30.6 Å². The number of hydrogen-bond donors (Lipinski definition) is 1. The smallest absolute Gasteiger partial charge is 0.298 e. The van der Waals surface area contributed by atoms with E-state index < -0.39 is 11.7 Å². The van der Waals surface area contributed by atoms with Crippen LogP contribution in [0.25, 0.3) is 0 Å². The first-order valence-corrected chi connectivity index (χ1v) is 8.06. The van der Waals surface area contributed by atoms with Gasteiger partial charge in [0.1, 0.15) is 0 Å². The lowest BCUT2D eigenvalue weighted by Gasteiger charge is -2.07. The van der Waals surface area contributed by atoms with E-state index >= 15 is 0 Å². The third kappa shape index (κ3) is 4.42. The number of halogens is 3. The molecule has 0 atom stereocenters. The highest BCUT2D eigenvalue weighted by atomic mass is 32.1. The van der Waals surface area contributed by atoms with E-state index in [4.69, 9.17) is 0 Å². The molecule has 0 bridgehead atoms. The van der Waals surface area contributed by atoms with Gasteiger partial charge >= 0.3 is 6.18 Å². The SMILES string of the molecule is O=C(Nc1ncc(Cc2cccc(C(F)(F)F)c2)s1)c1cccnc1. The van der Waals surface area contributed by atoms with Crippen molar-refractivity contribution in [2.75, 3.05) is 5.32 Å². The Morgan fingerprint density at radius 2 is 2.00 bits per heavy atom. The second kappa shape index (κ2) is 7.02. The van der Waals surface area contributed by atoms with Gasteiger partial charge in [0.25, 0.3) is 5.91 Å². The van der Waals surface area contributed by atoms with E-state index in [1.165, 1.54) is 23.6 Å². The van der Waals surface area contributed by atoms with Crippen molar-refractivity contribution in [1.29, 1.82) is 0 Å². The van der Waals surface area contributed by atoms with Crippen molar-refractivity contribution in [1.82, 2.24) is 9.97 Å². The molecule has 25 heavy (non-hydrogen) atoms. The molecule has 2 aromatic heterocycles. The van der Waals surface area contributed by atoms with E-state index in [0.29, 0.717) is 22.7 Å². The van der Waals surface area contributed by atoms with Crippen molar-refractivity contribution >= 4 is 22.4 Å². The summed E-state index contributed by atoms with van der Waals surface area (Å²) in [6.07, 6.45) is 0.487. The Bertz CT molecular complexity index is 878. The molecule has 1 N–H and O–H groups in total. The van der Waals surface area contributed by atoms with Crippen LogP contribution >= 0.6 is 11.3 Å². The zero-order valence-corrected chi connectivity index (χ0v) is 13.6. The zero-order valence-electron chi connectivity index (χ0n) is 12.7. The number of pyridine rings is 1. The molecular formula is C17H12F3N3OS. The number of nitrogens with one attached hydrogen (secondary N) is 1. The van der Waals surface area contributed by atoms with Crippen LogP contribution in [0.3, 0.4) is 0 Å². The van der Waals surface area contributed by atoms with Gasteiger partial charge in [-0.3, -0.25) is 15.1 Å². The highest BCUT2D eigenvalue weighted by Crippen LogP contribution is 2.30. The third-order valence-corrected chi connectivity index (χ3v) is 4.24. The minimum atomic E-state index is -4.37. The normalized spacial score (nSPS) is 11.3. The summed E-state index contributed by atoms with van der Waals surface area (Å²) in [6.45, 7) is 0. The number of hydrogen-bond acceptors (Lipinski definition) is 4. The monoisotopic (exact) mass is 363 g/mol. The molecule has 0 saturated heterocycles. The lowest BCUT2D eigenvalue weighted by molar-refractivity contribution is -0.137. The molecule has 0 aliphatic heterocycles. The first-order valence-electron chi connectivity index (χ1n) is 7.24. The number of aromatic nitrogens is 2. The van der Waals surface area contributed by atoms with Crippen LogP contribution in [0.5, 0.6) is 0 Å². The lowest BCUT2D eigenvalue weighted by atomic mass is 10.1. The first kappa shape index (κ1) is 17.1. The molecule has 1 amide bonds. The molecule has 8 heteroatoms. The molecule has 3 aromatic rings. The average molecular weight is 363 g/mol. The number of carbonyl (C=O) groups is 1. The van der Waals surface area contributed by atoms with Crippen LogP contribution in [0.1, 0.15) is 26.4 Å². The third-order valence-electron chi connectivity index (χ3n) is 3.33. The van der Waals surface area contributed by atoms with Crippen molar-refractivity contribution < 1.29 is 18.0 Å². The largest absolute Gasteiger partial charge is 0.416 e. The van der Waals surface area contributed by atoms with Gasteiger partial charge in [0.15, 0.2) is 5.13 Å². The quantitative estimate of drug-likeness (QED) is 0.747. The van der Waals surface area contributed by atoms with E-state index in [1.807, 2.05) is 0 Å². The van der Waals surface area contributed by atoms with Crippen molar-refractivity contribution in [2.24, 2.45) is 0 Å². The Kier molecular flexibility index (Phi) is 4.80. The maximum atomic E-state index is 12.8. The van der Waals surface area contributed by atoms with Gasteiger partial charge in [0.2, 0.25) is 0 Å². The highest BCUT2D eigenvalue weighted by Gasteiger charge is 2.30. The maximum Gasteiger partial charge on any atom is 0.416 e. The van der Waals surface area contributed by atoms with Crippen LogP contribution in [0, 0.1) is 0 Å². The first-order chi connectivity index (χ1) is 11.9. The summed E-state index contributed by atoms with van der Waals surface area (Å²) in [5, 5.41) is 3.03. The van der Waals surface area contributed by atoms with Gasteiger partial charge in [-0.25, -0.2) is 4.98 Å². The van der Waals surface area contributed by atoms with Crippen LogP contribution in [0.15, 0.2) is 55.0 Å². The number of nitrogens with zero attached hydrogens (tertiary/aromatic N) is 2. The van der Waals surface area contributed by atoms with Crippen molar-refractivity contribution in [3.8, 4) is 0 Å². The number of alkyl halides is 3. The summed E-state index contributed by atoms with van der Waals surface area (Å²) in [7, 11) is 0. The number of benzene rings is 1. The Labute approximate surface area is 145 Å². The Morgan fingerprint density at radius 1 is 1.16 bits per heavy atom. The van der Waals surface area contributed by atoms with Crippen molar-refractivity contribution in [3.63, 3.8) is 0 Å². The molecule has 0 aliphatic carbocycles. The van der Waals surface area contributed by atoms with Gasteiger partial charge in [-0.1, -0.05) is 18.2 Å². The summed E-state index contributed by atoms with van der Waals surface area (Å²) >= 11 is 1.22. The second-order valence-electron chi connectivity index (χ2n) is 5.20. The fourth-order valence-corrected chi connectivity index (χ4v) is 3.01. The molecule has 0 fully saturated rings. The summed E-state index contributed by atoms with van der Waals surface area (Å²) in [6, 6.07) is 8.44. The predicted molar refractivity (Wildman–Crippen MR) is 88.6 cm³/mol. The predicted octanol–water partition coefficient (Wildman–Crippen LogP) is 4.40. The van der Waals surface area contributed by atoms with Gasteiger partial charge in [0, 0.05) is 29.9 Å². The highest BCUT2D eigenvalue weighted by molar-refractivity contribution is 7.15. The molecule has 4 nitrogen and oxygen atoms in total. The number of rotatable bonds is 4.